The summed E-state index contributed by atoms with van der Waals surface area (Å²) in [5, 5.41) is 15.5. The Hall–Kier alpha value is -0.610. The standard InChI is InChI=1S/C13H26N2O2/c1-4-5-13(6-7-14-9-13)11(17)15-8-12(2,3)10-16/h14,16H,4-10H2,1-3H3,(H,15,17). The molecule has 0 aromatic carbocycles. The monoisotopic (exact) mass is 242 g/mol. The molecule has 4 nitrogen and oxygen atoms in total. The van der Waals surface area contributed by atoms with E-state index in [1.54, 1.807) is 0 Å². The Balaban J connectivity index is 2.55. The minimum Gasteiger partial charge on any atom is -0.396 e. The highest BCUT2D eigenvalue weighted by molar-refractivity contribution is 5.83. The third-order valence-corrected chi connectivity index (χ3v) is 3.61. The molecule has 0 aromatic heterocycles. The summed E-state index contributed by atoms with van der Waals surface area (Å²) in [7, 11) is 0. The van der Waals surface area contributed by atoms with Crippen LogP contribution in [0.2, 0.25) is 0 Å². The summed E-state index contributed by atoms with van der Waals surface area (Å²) in [6.07, 6.45) is 2.89. The normalized spacial score (nSPS) is 24.9. The van der Waals surface area contributed by atoms with Crippen molar-refractivity contribution in [3.05, 3.63) is 0 Å². The third kappa shape index (κ3) is 3.68. The second kappa shape index (κ2) is 5.83. The van der Waals surface area contributed by atoms with Gasteiger partial charge < -0.3 is 15.7 Å². The Kier molecular flexibility index (Phi) is 4.95. The Labute approximate surface area is 104 Å². The molecule has 1 aliphatic rings. The van der Waals surface area contributed by atoms with E-state index < -0.39 is 0 Å². The molecular weight excluding hydrogens is 216 g/mol. The number of carbonyl (C=O) groups excluding carboxylic acids is 1. The molecule has 1 unspecified atom stereocenters. The van der Waals surface area contributed by atoms with Gasteiger partial charge in [0.05, 0.1) is 5.41 Å². The van der Waals surface area contributed by atoms with Crippen molar-refractivity contribution in [3.63, 3.8) is 0 Å². The van der Waals surface area contributed by atoms with E-state index in [-0.39, 0.29) is 23.3 Å². The average molecular weight is 242 g/mol. The molecule has 1 atom stereocenters. The summed E-state index contributed by atoms with van der Waals surface area (Å²) >= 11 is 0. The number of carbonyl (C=O) groups is 1. The molecule has 1 rings (SSSR count). The summed E-state index contributed by atoms with van der Waals surface area (Å²) in [6.45, 7) is 8.35. The van der Waals surface area contributed by atoms with E-state index in [9.17, 15) is 9.90 Å². The quantitative estimate of drug-likeness (QED) is 0.648. The van der Waals surface area contributed by atoms with Gasteiger partial charge in [-0.25, -0.2) is 0 Å². The van der Waals surface area contributed by atoms with Crippen LogP contribution >= 0.6 is 0 Å². The van der Waals surface area contributed by atoms with Crippen LogP contribution in [-0.2, 0) is 4.79 Å². The van der Waals surface area contributed by atoms with Crippen molar-refractivity contribution < 1.29 is 9.90 Å². The zero-order valence-corrected chi connectivity index (χ0v) is 11.3. The largest absolute Gasteiger partial charge is 0.396 e. The van der Waals surface area contributed by atoms with Crippen molar-refractivity contribution in [1.29, 1.82) is 0 Å². The molecule has 100 valence electrons. The number of aliphatic hydroxyl groups excluding tert-OH is 1. The molecule has 1 fully saturated rings. The molecule has 0 spiro atoms. The number of amides is 1. The maximum Gasteiger partial charge on any atom is 0.227 e. The number of aliphatic hydroxyl groups is 1. The van der Waals surface area contributed by atoms with Gasteiger partial charge in [-0.15, -0.1) is 0 Å². The van der Waals surface area contributed by atoms with Crippen LogP contribution in [0.25, 0.3) is 0 Å². The maximum atomic E-state index is 12.3. The Morgan fingerprint density at radius 3 is 2.71 bits per heavy atom. The summed E-state index contributed by atoms with van der Waals surface area (Å²) < 4.78 is 0. The highest BCUT2D eigenvalue weighted by atomic mass is 16.3. The van der Waals surface area contributed by atoms with Gasteiger partial charge in [-0.05, 0) is 19.4 Å². The van der Waals surface area contributed by atoms with E-state index in [1.165, 1.54) is 0 Å². The Morgan fingerprint density at radius 1 is 1.53 bits per heavy atom. The van der Waals surface area contributed by atoms with Crippen molar-refractivity contribution in [2.75, 3.05) is 26.2 Å². The minimum absolute atomic E-state index is 0.0896. The second-order valence-corrected chi connectivity index (χ2v) is 5.96. The highest BCUT2D eigenvalue weighted by Gasteiger charge is 2.40. The van der Waals surface area contributed by atoms with Crippen LogP contribution in [0.15, 0.2) is 0 Å². The van der Waals surface area contributed by atoms with Crippen LogP contribution in [0.5, 0.6) is 0 Å². The van der Waals surface area contributed by atoms with E-state index in [1.807, 2.05) is 13.8 Å². The van der Waals surface area contributed by atoms with Crippen LogP contribution in [0.1, 0.15) is 40.0 Å². The van der Waals surface area contributed by atoms with E-state index in [2.05, 4.69) is 17.6 Å². The molecule has 0 bridgehead atoms. The van der Waals surface area contributed by atoms with Gasteiger partial charge in [0.25, 0.3) is 0 Å². The lowest BCUT2D eigenvalue weighted by atomic mass is 9.81. The van der Waals surface area contributed by atoms with E-state index in [4.69, 9.17) is 0 Å². The molecular formula is C13H26N2O2. The topological polar surface area (TPSA) is 61.4 Å². The predicted molar refractivity (Wildman–Crippen MR) is 68.7 cm³/mol. The molecule has 17 heavy (non-hydrogen) atoms. The first-order valence-electron chi connectivity index (χ1n) is 6.56. The number of hydrogen-bond acceptors (Lipinski definition) is 3. The number of rotatable bonds is 6. The lowest BCUT2D eigenvalue weighted by molar-refractivity contribution is -0.131. The molecule has 1 heterocycles. The highest BCUT2D eigenvalue weighted by Crippen LogP contribution is 2.31. The molecule has 4 heteroatoms. The third-order valence-electron chi connectivity index (χ3n) is 3.61. The number of nitrogens with one attached hydrogen (secondary N) is 2. The summed E-state index contributed by atoms with van der Waals surface area (Å²) in [4.78, 5) is 12.3. The number of hydrogen-bond donors (Lipinski definition) is 3. The van der Waals surface area contributed by atoms with Gasteiger partial charge in [0, 0.05) is 25.1 Å². The summed E-state index contributed by atoms with van der Waals surface area (Å²) in [5.41, 5.74) is -0.463. The fraction of sp³-hybridized carbons (Fsp3) is 0.923. The molecule has 3 N–H and O–H groups in total. The molecule has 0 aliphatic carbocycles. The van der Waals surface area contributed by atoms with Crippen molar-refractivity contribution in [2.45, 2.75) is 40.0 Å². The molecule has 0 radical (unpaired) electrons. The lowest BCUT2D eigenvalue weighted by Gasteiger charge is -2.29. The van der Waals surface area contributed by atoms with Gasteiger partial charge in [-0.2, -0.15) is 0 Å². The second-order valence-electron chi connectivity index (χ2n) is 5.96. The van der Waals surface area contributed by atoms with Crippen LogP contribution in [0.4, 0.5) is 0 Å². The lowest BCUT2D eigenvalue weighted by Crippen LogP contribution is -2.46. The van der Waals surface area contributed by atoms with Crippen molar-refractivity contribution >= 4 is 5.91 Å². The summed E-state index contributed by atoms with van der Waals surface area (Å²) in [5.74, 6) is 0.144. The average Bonchev–Trinajstić information content (AvgIpc) is 2.76. The fourth-order valence-corrected chi connectivity index (χ4v) is 2.31. The van der Waals surface area contributed by atoms with Crippen LogP contribution in [-0.4, -0.2) is 37.3 Å². The Bertz CT molecular complexity index is 258. The summed E-state index contributed by atoms with van der Waals surface area (Å²) in [6, 6.07) is 0. The fourth-order valence-electron chi connectivity index (χ4n) is 2.31. The van der Waals surface area contributed by atoms with Crippen LogP contribution in [0, 0.1) is 10.8 Å². The first-order valence-corrected chi connectivity index (χ1v) is 6.56. The molecule has 1 amide bonds. The van der Waals surface area contributed by atoms with Crippen molar-refractivity contribution in [2.24, 2.45) is 10.8 Å². The molecule has 1 aliphatic heterocycles. The van der Waals surface area contributed by atoms with E-state index in [0.717, 1.165) is 32.4 Å². The maximum absolute atomic E-state index is 12.3. The first-order chi connectivity index (χ1) is 7.96. The van der Waals surface area contributed by atoms with Crippen LogP contribution in [0.3, 0.4) is 0 Å². The smallest absolute Gasteiger partial charge is 0.227 e. The molecule has 1 saturated heterocycles. The Morgan fingerprint density at radius 2 is 2.24 bits per heavy atom. The van der Waals surface area contributed by atoms with Crippen molar-refractivity contribution in [1.82, 2.24) is 10.6 Å². The van der Waals surface area contributed by atoms with Crippen LogP contribution < -0.4 is 10.6 Å². The first kappa shape index (κ1) is 14.5. The zero-order valence-electron chi connectivity index (χ0n) is 11.3. The van der Waals surface area contributed by atoms with E-state index in [0.29, 0.717) is 6.54 Å². The van der Waals surface area contributed by atoms with Crippen molar-refractivity contribution in [3.8, 4) is 0 Å². The predicted octanol–water partition coefficient (Wildman–Crippen LogP) is 0.901. The van der Waals surface area contributed by atoms with Gasteiger partial charge >= 0.3 is 0 Å². The van der Waals surface area contributed by atoms with Gasteiger partial charge in [0.15, 0.2) is 0 Å². The SMILES string of the molecule is CCCC1(C(=O)NCC(C)(C)CO)CCNC1. The van der Waals surface area contributed by atoms with Gasteiger partial charge in [-0.3, -0.25) is 4.79 Å². The molecule has 0 saturated carbocycles. The minimum atomic E-state index is -0.241. The van der Waals surface area contributed by atoms with Gasteiger partial charge in [0.1, 0.15) is 0 Å². The van der Waals surface area contributed by atoms with E-state index >= 15 is 0 Å². The molecule has 0 aromatic rings. The zero-order chi connectivity index (χ0) is 12.9. The van der Waals surface area contributed by atoms with Gasteiger partial charge in [0.2, 0.25) is 5.91 Å². The van der Waals surface area contributed by atoms with Gasteiger partial charge in [-0.1, -0.05) is 27.2 Å².